The maximum absolute atomic E-state index is 12.6. The van der Waals surface area contributed by atoms with Crippen LogP contribution in [0.2, 0.25) is 0 Å². The standard InChI is InChI=1S/C19H25N3O3/c1-14(20-17(23)12-11-15-8-5-4-6-9-15)18(24)22-13-7-10-16(22)19(25)21(2)3/h4-6,8-9,11-12,14,16H,7,10,13H2,1-3H3,(H,20,23). The fraction of sp³-hybridized carbons (Fsp3) is 0.421. The zero-order valence-electron chi connectivity index (χ0n) is 14.9. The van der Waals surface area contributed by atoms with Gasteiger partial charge in [-0.25, -0.2) is 0 Å². The van der Waals surface area contributed by atoms with Gasteiger partial charge in [-0.1, -0.05) is 30.3 Å². The topological polar surface area (TPSA) is 69.7 Å². The van der Waals surface area contributed by atoms with Crippen LogP contribution in [0.5, 0.6) is 0 Å². The predicted molar refractivity (Wildman–Crippen MR) is 96.5 cm³/mol. The minimum Gasteiger partial charge on any atom is -0.347 e. The summed E-state index contributed by atoms with van der Waals surface area (Å²) in [6.45, 7) is 2.19. The van der Waals surface area contributed by atoms with Crippen LogP contribution >= 0.6 is 0 Å². The molecule has 0 spiro atoms. The van der Waals surface area contributed by atoms with Gasteiger partial charge in [0.05, 0.1) is 0 Å². The predicted octanol–water partition coefficient (Wildman–Crippen LogP) is 1.28. The van der Waals surface area contributed by atoms with E-state index in [1.54, 1.807) is 32.0 Å². The van der Waals surface area contributed by atoms with Gasteiger partial charge in [0.25, 0.3) is 0 Å². The van der Waals surface area contributed by atoms with Gasteiger partial charge in [0, 0.05) is 26.7 Å². The number of benzene rings is 1. The number of nitrogens with one attached hydrogen (secondary N) is 1. The maximum Gasteiger partial charge on any atom is 0.245 e. The fourth-order valence-corrected chi connectivity index (χ4v) is 2.89. The Morgan fingerprint density at radius 1 is 1.24 bits per heavy atom. The quantitative estimate of drug-likeness (QED) is 0.819. The number of likely N-dealkylation sites (N-methyl/N-ethyl adjacent to an activating group) is 1. The highest BCUT2D eigenvalue weighted by Gasteiger charge is 2.36. The maximum atomic E-state index is 12.6. The van der Waals surface area contributed by atoms with Gasteiger partial charge in [0.2, 0.25) is 17.7 Å². The fourth-order valence-electron chi connectivity index (χ4n) is 2.89. The Bertz CT molecular complexity index is 655. The van der Waals surface area contributed by atoms with E-state index < -0.39 is 12.1 Å². The largest absolute Gasteiger partial charge is 0.347 e. The van der Waals surface area contributed by atoms with E-state index in [4.69, 9.17) is 0 Å². The van der Waals surface area contributed by atoms with Crippen LogP contribution in [0, 0.1) is 0 Å². The van der Waals surface area contributed by atoms with E-state index in [2.05, 4.69) is 5.32 Å². The van der Waals surface area contributed by atoms with Gasteiger partial charge in [-0.2, -0.15) is 0 Å². The molecule has 0 bridgehead atoms. The van der Waals surface area contributed by atoms with Gasteiger partial charge in [0.15, 0.2) is 0 Å². The van der Waals surface area contributed by atoms with E-state index in [-0.39, 0.29) is 17.7 Å². The highest BCUT2D eigenvalue weighted by atomic mass is 16.2. The molecule has 2 unspecified atom stereocenters. The van der Waals surface area contributed by atoms with E-state index >= 15 is 0 Å². The zero-order chi connectivity index (χ0) is 18.4. The molecule has 1 aliphatic heterocycles. The Balaban J connectivity index is 1.94. The Hall–Kier alpha value is -2.63. The average molecular weight is 343 g/mol. The third-order valence-corrected chi connectivity index (χ3v) is 4.22. The van der Waals surface area contributed by atoms with Crippen molar-refractivity contribution in [1.29, 1.82) is 0 Å². The summed E-state index contributed by atoms with van der Waals surface area (Å²) in [5.74, 6) is -0.633. The van der Waals surface area contributed by atoms with Gasteiger partial charge in [-0.3, -0.25) is 14.4 Å². The molecule has 0 aromatic heterocycles. The second-order valence-electron chi connectivity index (χ2n) is 6.40. The number of nitrogens with zero attached hydrogens (tertiary/aromatic N) is 2. The van der Waals surface area contributed by atoms with Crippen LogP contribution in [0.3, 0.4) is 0 Å². The lowest BCUT2D eigenvalue weighted by atomic mass is 10.1. The summed E-state index contributed by atoms with van der Waals surface area (Å²) in [5, 5.41) is 2.67. The molecule has 25 heavy (non-hydrogen) atoms. The van der Waals surface area contributed by atoms with Crippen molar-refractivity contribution in [3.05, 3.63) is 42.0 Å². The molecule has 1 fully saturated rings. The number of rotatable bonds is 5. The molecule has 1 N–H and O–H groups in total. The van der Waals surface area contributed by atoms with E-state index in [0.717, 1.165) is 12.0 Å². The first-order chi connectivity index (χ1) is 11.9. The second kappa shape index (κ2) is 8.46. The molecule has 1 saturated heterocycles. The lowest BCUT2D eigenvalue weighted by Crippen LogP contribution is -2.52. The third-order valence-electron chi connectivity index (χ3n) is 4.22. The minimum absolute atomic E-state index is 0.0756. The number of hydrogen-bond donors (Lipinski definition) is 1. The van der Waals surface area contributed by atoms with Gasteiger partial charge in [-0.05, 0) is 31.4 Å². The Morgan fingerprint density at radius 2 is 1.92 bits per heavy atom. The molecule has 1 aromatic carbocycles. The lowest BCUT2D eigenvalue weighted by molar-refractivity contribution is -0.143. The minimum atomic E-state index is -0.677. The highest BCUT2D eigenvalue weighted by Crippen LogP contribution is 2.19. The van der Waals surface area contributed by atoms with Crippen LogP contribution in [0.1, 0.15) is 25.3 Å². The molecule has 2 atom stereocenters. The van der Waals surface area contributed by atoms with Crippen LogP contribution < -0.4 is 5.32 Å². The molecule has 2 rings (SSSR count). The van der Waals surface area contributed by atoms with E-state index in [0.29, 0.717) is 13.0 Å². The van der Waals surface area contributed by atoms with E-state index in [9.17, 15) is 14.4 Å². The van der Waals surface area contributed by atoms with Gasteiger partial charge >= 0.3 is 0 Å². The van der Waals surface area contributed by atoms with Crippen molar-refractivity contribution in [2.75, 3.05) is 20.6 Å². The summed E-state index contributed by atoms with van der Waals surface area (Å²) in [6.07, 6.45) is 4.56. The van der Waals surface area contributed by atoms with Crippen molar-refractivity contribution in [1.82, 2.24) is 15.1 Å². The van der Waals surface area contributed by atoms with Crippen molar-refractivity contribution >= 4 is 23.8 Å². The van der Waals surface area contributed by atoms with E-state index in [1.165, 1.54) is 11.0 Å². The average Bonchev–Trinajstić information content (AvgIpc) is 3.08. The second-order valence-corrected chi connectivity index (χ2v) is 6.40. The molecule has 6 nitrogen and oxygen atoms in total. The van der Waals surface area contributed by atoms with Crippen molar-refractivity contribution in [2.45, 2.75) is 31.8 Å². The van der Waals surface area contributed by atoms with Gasteiger partial charge in [0.1, 0.15) is 12.1 Å². The molecule has 1 aromatic rings. The molecular formula is C19H25N3O3. The van der Waals surface area contributed by atoms with Gasteiger partial charge in [-0.15, -0.1) is 0 Å². The summed E-state index contributed by atoms with van der Waals surface area (Å²) in [5.41, 5.74) is 0.910. The Kier molecular flexibility index (Phi) is 6.33. The Morgan fingerprint density at radius 3 is 2.56 bits per heavy atom. The molecule has 6 heteroatoms. The van der Waals surface area contributed by atoms with Crippen molar-refractivity contribution < 1.29 is 14.4 Å². The van der Waals surface area contributed by atoms with Crippen LogP contribution in [0.4, 0.5) is 0 Å². The molecule has 0 saturated carbocycles. The Labute approximate surface area is 148 Å². The highest BCUT2D eigenvalue weighted by molar-refractivity contribution is 5.96. The number of carbonyl (C=O) groups is 3. The van der Waals surface area contributed by atoms with Gasteiger partial charge < -0.3 is 15.1 Å². The smallest absolute Gasteiger partial charge is 0.245 e. The SMILES string of the molecule is CC(NC(=O)C=Cc1ccccc1)C(=O)N1CCCC1C(=O)N(C)C. The van der Waals surface area contributed by atoms with E-state index in [1.807, 2.05) is 30.3 Å². The summed E-state index contributed by atoms with van der Waals surface area (Å²) in [4.78, 5) is 39.9. The molecule has 134 valence electrons. The van der Waals surface area contributed by atoms with Crippen molar-refractivity contribution in [3.8, 4) is 0 Å². The first-order valence-corrected chi connectivity index (χ1v) is 8.45. The number of amides is 3. The van der Waals surface area contributed by atoms with Crippen LogP contribution in [0.25, 0.3) is 6.08 Å². The zero-order valence-corrected chi connectivity index (χ0v) is 14.9. The molecule has 1 heterocycles. The lowest BCUT2D eigenvalue weighted by Gasteiger charge is -2.28. The first-order valence-electron chi connectivity index (χ1n) is 8.45. The summed E-state index contributed by atoms with van der Waals surface area (Å²) in [7, 11) is 3.37. The van der Waals surface area contributed by atoms with Crippen LogP contribution in [-0.4, -0.2) is 60.2 Å². The van der Waals surface area contributed by atoms with Crippen molar-refractivity contribution in [2.24, 2.45) is 0 Å². The molecule has 3 amide bonds. The first kappa shape index (κ1) is 18.7. The summed E-state index contributed by atoms with van der Waals surface area (Å²) in [6, 6.07) is 8.35. The summed E-state index contributed by atoms with van der Waals surface area (Å²) < 4.78 is 0. The molecule has 0 aliphatic carbocycles. The van der Waals surface area contributed by atoms with Crippen LogP contribution in [-0.2, 0) is 14.4 Å². The molecule has 0 radical (unpaired) electrons. The summed E-state index contributed by atoms with van der Waals surface area (Å²) >= 11 is 0. The molecular weight excluding hydrogens is 318 g/mol. The van der Waals surface area contributed by atoms with Crippen molar-refractivity contribution in [3.63, 3.8) is 0 Å². The normalized spacial score (nSPS) is 18.2. The monoisotopic (exact) mass is 343 g/mol. The molecule has 1 aliphatic rings. The number of carbonyl (C=O) groups excluding carboxylic acids is 3. The number of hydrogen-bond acceptors (Lipinski definition) is 3. The number of likely N-dealkylation sites (tertiary alicyclic amines) is 1. The van der Waals surface area contributed by atoms with Crippen LogP contribution in [0.15, 0.2) is 36.4 Å². The third kappa shape index (κ3) is 4.92.